The molecule has 6 nitrogen and oxygen atoms in total. The molecule has 2 aliphatic heterocycles. The van der Waals surface area contributed by atoms with Crippen molar-refractivity contribution in [2.24, 2.45) is 0 Å². The minimum Gasteiger partial charge on any atom is -0.454 e. The molecule has 1 aromatic carbocycles. The molecule has 4 rings (SSSR count). The Morgan fingerprint density at radius 1 is 0.958 bits per heavy atom. The summed E-state index contributed by atoms with van der Waals surface area (Å²) in [6.45, 7) is 3.99. The lowest BCUT2D eigenvalue weighted by molar-refractivity contribution is 0.174. The highest BCUT2D eigenvalue weighted by Crippen LogP contribution is 2.35. The van der Waals surface area contributed by atoms with Crippen LogP contribution < -0.4 is 15.0 Å². The van der Waals surface area contributed by atoms with Gasteiger partial charge in [0.1, 0.15) is 0 Å². The Morgan fingerprint density at radius 3 is 2.67 bits per heavy atom. The fraction of sp³-hybridized carbons (Fsp3) is 0.444. The summed E-state index contributed by atoms with van der Waals surface area (Å²) in [6.07, 6.45) is 3.81. The van der Waals surface area contributed by atoms with Gasteiger partial charge in [0.2, 0.25) is 6.79 Å². The molecule has 24 heavy (non-hydrogen) atoms. The van der Waals surface area contributed by atoms with Crippen LogP contribution in [0.15, 0.2) is 35.1 Å². The SMILES string of the molecule is O=c1ccc(-c2ccc3c(c2)OCO3)nn1CCN1CCCCC1. The fourth-order valence-electron chi connectivity index (χ4n) is 3.24. The Balaban J connectivity index is 1.53. The van der Waals surface area contributed by atoms with E-state index in [1.54, 1.807) is 16.8 Å². The van der Waals surface area contributed by atoms with Gasteiger partial charge in [0.25, 0.3) is 5.56 Å². The van der Waals surface area contributed by atoms with Crippen LogP contribution in [0.2, 0.25) is 0 Å². The van der Waals surface area contributed by atoms with Crippen molar-refractivity contribution in [1.29, 1.82) is 0 Å². The van der Waals surface area contributed by atoms with Gasteiger partial charge in [-0.15, -0.1) is 0 Å². The molecule has 1 aromatic heterocycles. The van der Waals surface area contributed by atoms with Crippen LogP contribution in [0, 0.1) is 0 Å². The molecule has 0 bridgehead atoms. The topological polar surface area (TPSA) is 56.6 Å². The highest BCUT2D eigenvalue weighted by atomic mass is 16.7. The third-order valence-electron chi connectivity index (χ3n) is 4.61. The second-order valence-electron chi connectivity index (χ2n) is 6.25. The summed E-state index contributed by atoms with van der Waals surface area (Å²) in [5.41, 5.74) is 1.63. The summed E-state index contributed by atoms with van der Waals surface area (Å²) in [6, 6.07) is 9.07. The summed E-state index contributed by atoms with van der Waals surface area (Å²) in [4.78, 5) is 14.5. The van der Waals surface area contributed by atoms with Crippen LogP contribution in [0.5, 0.6) is 11.5 Å². The lowest BCUT2D eigenvalue weighted by atomic mass is 10.1. The maximum Gasteiger partial charge on any atom is 0.266 e. The van der Waals surface area contributed by atoms with Crippen molar-refractivity contribution in [1.82, 2.24) is 14.7 Å². The van der Waals surface area contributed by atoms with Crippen LogP contribution in [0.1, 0.15) is 19.3 Å². The standard InChI is InChI=1S/C18H21N3O3/c22-18-7-5-15(14-4-6-16-17(12-14)24-13-23-16)19-21(18)11-10-20-8-2-1-3-9-20/h4-7,12H,1-3,8-11,13H2. The molecule has 0 spiro atoms. The Kier molecular flexibility index (Phi) is 4.21. The third kappa shape index (κ3) is 3.14. The van der Waals surface area contributed by atoms with Crippen LogP contribution in [0.4, 0.5) is 0 Å². The van der Waals surface area contributed by atoms with E-state index in [1.807, 2.05) is 18.2 Å². The lowest BCUT2D eigenvalue weighted by Crippen LogP contribution is -2.35. The Morgan fingerprint density at radius 2 is 1.79 bits per heavy atom. The minimum absolute atomic E-state index is 0.0588. The third-order valence-corrected chi connectivity index (χ3v) is 4.61. The van der Waals surface area contributed by atoms with Gasteiger partial charge in [-0.3, -0.25) is 4.79 Å². The molecule has 1 saturated heterocycles. The predicted molar refractivity (Wildman–Crippen MR) is 90.3 cm³/mol. The van der Waals surface area contributed by atoms with E-state index in [-0.39, 0.29) is 12.4 Å². The molecule has 3 heterocycles. The van der Waals surface area contributed by atoms with Crippen molar-refractivity contribution in [2.75, 3.05) is 26.4 Å². The second kappa shape index (κ2) is 6.65. The molecule has 0 radical (unpaired) electrons. The van der Waals surface area contributed by atoms with Gasteiger partial charge in [-0.05, 0) is 50.2 Å². The van der Waals surface area contributed by atoms with Crippen LogP contribution in [-0.4, -0.2) is 41.1 Å². The maximum atomic E-state index is 12.1. The second-order valence-corrected chi connectivity index (χ2v) is 6.25. The monoisotopic (exact) mass is 327 g/mol. The Hall–Kier alpha value is -2.34. The number of likely N-dealkylation sites (tertiary alicyclic amines) is 1. The lowest BCUT2D eigenvalue weighted by Gasteiger charge is -2.26. The van der Waals surface area contributed by atoms with Gasteiger partial charge in [-0.2, -0.15) is 5.10 Å². The van der Waals surface area contributed by atoms with E-state index >= 15 is 0 Å². The normalized spacial score (nSPS) is 17.2. The molecule has 0 N–H and O–H groups in total. The number of piperidine rings is 1. The molecule has 1 fully saturated rings. The van der Waals surface area contributed by atoms with E-state index in [0.717, 1.165) is 42.4 Å². The highest BCUT2D eigenvalue weighted by molar-refractivity contribution is 5.63. The average molecular weight is 327 g/mol. The van der Waals surface area contributed by atoms with Crippen molar-refractivity contribution in [3.63, 3.8) is 0 Å². The zero-order valence-electron chi connectivity index (χ0n) is 13.6. The molecule has 0 aliphatic carbocycles. The fourth-order valence-corrected chi connectivity index (χ4v) is 3.24. The first-order chi connectivity index (χ1) is 11.8. The number of hydrogen-bond acceptors (Lipinski definition) is 5. The van der Waals surface area contributed by atoms with Gasteiger partial charge in [0.15, 0.2) is 11.5 Å². The summed E-state index contributed by atoms with van der Waals surface area (Å²) >= 11 is 0. The van der Waals surface area contributed by atoms with Gasteiger partial charge in [0.05, 0.1) is 12.2 Å². The van der Waals surface area contributed by atoms with Crippen molar-refractivity contribution in [3.05, 3.63) is 40.7 Å². The zero-order valence-corrected chi connectivity index (χ0v) is 13.6. The van der Waals surface area contributed by atoms with Crippen molar-refractivity contribution >= 4 is 0 Å². The first-order valence-electron chi connectivity index (χ1n) is 8.50. The number of nitrogens with zero attached hydrogens (tertiary/aromatic N) is 3. The predicted octanol–water partition coefficient (Wildman–Crippen LogP) is 2.12. The minimum atomic E-state index is -0.0588. The molecule has 126 valence electrons. The number of aromatic nitrogens is 2. The average Bonchev–Trinajstić information content (AvgIpc) is 3.09. The molecule has 0 unspecified atom stereocenters. The molecule has 6 heteroatoms. The molecule has 0 amide bonds. The van der Waals surface area contributed by atoms with Gasteiger partial charge in [0, 0.05) is 18.2 Å². The van der Waals surface area contributed by atoms with Gasteiger partial charge in [-0.25, -0.2) is 4.68 Å². The Labute approximate surface area is 140 Å². The van der Waals surface area contributed by atoms with E-state index in [1.165, 1.54) is 19.3 Å². The smallest absolute Gasteiger partial charge is 0.266 e. The van der Waals surface area contributed by atoms with Crippen LogP contribution in [0.25, 0.3) is 11.3 Å². The zero-order chi connectivity index (χ0) is 16.4. The quantitative estimate of drug-likeness (QED) is 0.861. The number of fused-ring (bicyclic) bond motifs is 1. The van der Waals surface area contributed by atoms with E-state index in [0.29, 0.717) is 6.54 Å². The van der Waals surface area contributed by atoms with E-state index < -0.39 is 0 Å². The maximum absolute atomic E-state index is 12.1. The molecular weight excluding hydrogens is 306 g/mol. The highest BCUT2D eigenvalue weighted by Gasteiger charge is 2.15. The number of rotatable bonds is 4. The van der Waals surface area contributed by atoms with Crippen molar-refractivity contribution < 1.29 is 9.47 Å². The first-order valence-corrected chi connectivity index (χ1v) is 8.50. The van der Waals surface area contributed by atoms with Crippen molar-refractivity contribution in [3.8, 4) is 22.8 Å². The molecule has 0 saturated carbocycles. The van der Waals surface area contributed by atoms with Gasteiger partial charge < -0.3 is 14.4 Å². The Bertz CT molecular complexity index is 781. The van der Waals surface area contributed by atoms with E-state index in [4.69, 9.17) is 9.47 Å². The number of ether oxygens (including phenoxy) is 2. The van der Waals surface area contributed by atoms with Crippen LogP contribution >= 0.6 is 0 Å². The van der Waals surface area contributed by atoms with Crippen molar-refractivity contribution in [2.45, 2.75) is 25.8 Å². The summed E-state index contributed by atoms with van der Waals surface area (Å²) in [5.74, 6) is 1.47. The molecular formula is C18H21N3O3. The summed E-state index contributed by atoms with van der Waals surface area (Å²) < 4.78 is 12.3. The van der Waals surface area contributed by atoms with Crippen LogP contribution in [0.3, 0.4) is 0 Å². The molecule has 2 aromatic rings. The number of benzene rings is 1. The van der Waals surface area contributed by atoms with Gasteiger partial charge in [-0.1, -0.05) is 6.42 Å². The number of hydrogen-bond donors (Lipinski definition) is 0. The summed E-state index contributed by atoms with van der Waals surface area (Å²) in [7, 11) is 0. The summed E-state index contributed by atoms with van der Waals surface area (Å²) in [5, 5.41) is 4.53. The first kappa shape index (κ1) is 15.2. The largest absolute Gasteiger partial charge is 0.454 e. The molecule has 0 atom stereocenters. The molecule has 2 aliphatic rings. The van der Waals surface area contributed by atoms with Crippen LogP contribution in [-0.2, 0) is 6.54 Å². The van der Waals surface area contributed by atoms with Gasteiger partial charge >= 0.3 is 0 Å². The van der Waals surface area contributed by atoms with E-state index in [2.05, 4.69) is 10.00 Å². The van der Waals surface area contributed by atoms with E-state index in [9.17, 15) is 4.79 Å².